The van der Waals surface area contributed by atoms with E-state index < -0.39 is 0 Å². The van der Waals surface area contributed by atoms with E-state index >= 15 is 0 Å². The van der Waals surface area contributed by atoms with Crippen LogP contribution >= 0.6 is 0 Å². The second kappa shape index (κ2) is 4.28. The van der Waals surface area contributed by atoms with Crippen molar-refractivity contribution in [2.24, 2.45) is 0 Å². The average molecular weight is 174 g/mol. The summed E-state index contributed by atoms with van der Waals surface area (Å²) in [5.41, 5.74) is 0. The van der Waals surface area contributed by atoms with Crippen LogP contribution in [0.15, 0.2) is 0 Å². The number of hydrogen-bond donors (Lipinski definition) is 0. The Labute approximate surface area is 68.4 Å². The van der Waals surface area contributed by atoms with Crippen LogP contribution in [0.3, 0.4) is 0 Å². The van der Waals surface area contributed by atoms with Crippen LogP contribution in [0.4, 0.5) is 0 Å². The molecule has 0 aliphatic carbocycles. The molecule has 60 valence electrons. The average Bonchev–Trinajstić information content (AvgIpc) is 1.90. The summed E-state index contributed by atoms with van der Waals surface area (Å²) in [5.74, 6) is 0. The highest BCUT2D eigenvalue weighted by molar-refractivity contribution is 6.39. The van der Waals surface area contributed by atoms with Crippen LogP contribution in [0.2, 0.25) is 12.1 Å². The number of rotatable bonds is 0. The molecule has 0 unspecified atom stereocenters. The predicted octanol–water partition coefficient (Wildman–Crippen LogP) is -1.13. The second-order valence-corrected chi connectivity index (χ2v) is 7.78. The molecule has 1 fully saturated rings. The zero-order chi connectivity index (χ0) is 7.40. The molecule has 1 rings (SSSR count). The van der Waals surface area contributed by atoms with Crippen molar-refractivity contribution in [2.75, 3.05) is 27.2 Å². The number of nitrogens with zero attached hydrogens (tertiary/aromatic N) is 2. The molecule has 1 saturated heterocycles. The number of likely N-dealkylation sites (N-methyl/N-ethyl adjacent to an activating group) is 2. The van der Waals surface area contributed by atoms with E-state index in [0.717, 1.165) is 0 Å². The summed E-state index contributed by atoms with van der Waals surface area (Å²) in [6, 6.07) is 3.13. The van der Waals surface area contributed by atoms with Crippen LogP contribution in [0.1, 0.15) is 0 Å². The van der Waals surface area contributed by atoms with Crippen molar-refractivity contribution in [3.8, 4) is 0 Å². The van der Waals surface area contributed by atoms with E-state index in [-0.39, 0.29) is 19.4 Å². The Bertz CT molecular complexity index is 87.7. The van der Waals surface area contributed by atoms with Gasteiger partial charge in [-0.15, -0.1) is 0 Å². The fraction of sp³-hybridized carbons (Fsp3) is 1.00. The lowest BCUT2D eigenvalue weighted by atomic mass is 10.6. The molecule has 1 aliphatic heterocycles. The van der Waals surface area contributed by atoms with Crippen LogP contribution in [-0.4, -0.2) is 55.7 Å². The molecular formula is C6H18N2Si2. The first kappa shape index (κ1) is 8.45. The monoisotopic (exact) mass is 174 g/mol. The largest absolute Gasteiger partial charge is 0.331 e. The molecule has 0 atom stereocenters. The highest BCUT2D eigenvalue weighted by Gasteiger charge is 2.06. The molecule has 0 amide bonds. The van der Waals surface area contributed by atoms with E-state index in [4.69, 9.17) is 0 Å². The van der Waals surface area contributed by atoms with Crippen molar-refractivity contribution in [1.29, 1.82) is 0 Å². The maximum absolute atomic E-state index is 2.57. The predicted molar refractivity (Wildman–Crippen MR) is 52.0 cm³/mol. The smallest absolute Gasteiger partial charge is 0.0945 e. The van der Waals surface area contributed by atoms with E-state index in [1.54, 1.807) is 12.1 Å². The van der Waals surface area contributed by atoms with Gasteiger partial charge in [0.05, 0.1) is 19.4 Å². The summed E-state index contributed by atoms with van der Waals surface area (Å²) in [4.78, 5) is 0. The van der Waals surface area contributed by atoms with E-state index in [1.807, 2.05) is 0 Å². The molecule has 10 heavy (non-hydrogen) atoms. The molecule has 0 aromatic heterocycles. The molecule has 4 heteroatoms. The summed E-state index contributed by atoms with van der Waals surface area (Å²) in [7, 11) is 4.96. The zero-order valence-corrected chi connectivity index (χ0v) is 9.97. The lowest BCUT2D eigenvalue weighted by molar-refractivity contribution is 0.432. The van der Waals surface area contributed by atoms with Gasteiger partial charge in [0.15, 0.2) is 0 Å². The number of hydrogen-bond acceptors (Lipinski definition) is 2. The standard InChI is InChI=1S/C6H18N2Si2/c1-7-3-4-8(2)10-6-5-9-7/h3-6,9-10H2,1-2H3. The Balaban J connectivity index is 2.23. The summed E-state index contributed by atoms with van der Waals surface area (Å²) < 4.78 is 5.15. The summed E-state index contributed by atoms with van der Waals surface area (Å²) in [5, 5.41) is 0. The third-order valence-corrected chi connectivity index (χ3v) is 6.98. The Morgan fingerprint density at radius 3 is 1.70 bits per heavy atom. The van der Waals surface area contributed by atoms with Crippen LogP contribution in [0.5, 0.6) is 0 Å². The minimum atomic E-state index is 0.195. The fourth-order valence-corrected chi connectivity index (χ4v) is 4.93. The van der Waals surface area contributed by atoms with Crippen LogP contribution in [-0.2, 0) is 0 Å². The van der Waals surface area contributed by atoms with Gasteiger partial charge in [0.2, 0.25) is 0 Å². The molecule has 0 spiro atoms. The molecule has 2 nitrogen and oxygen atoms in total. The van der Waals surface area contributed by atoms with Crippen molar-refractivity contribution in [3.63, 3.8) is 0 Å². The van der Waals surface area contributed by atoms with Crippen molar-refractivity contribution >= 4 is 19.4 Å². The first-order chi connectivity index (χ1) is 4.79. The van der Waals surface area contributed by atoms with Gasteiger partial charge >= 0.3 is 0 Å². The van der Waals surface area contributed by atoms with E-state index in [2.05, 4.69) is 23.2 Å². The Morgan fingerprint density at radius 2 is 1.30 bits per heavy atom. The van der Waals surface area contributed by atoms with Crippen molar-refractivity contribution < 1.29 is 0 Å². The molecule has 0 aromatic carbocycles. The van der Waals surface area contributed by atoms with Crippen LogP contribution < -0.4 is 0 Å². The molecule has 0 aromatic rings. The van der Waals surface area contributed by atoms with Gasteiger partial charge in [0.1, 0.15) is 0 Å². The van der Waals surface area contributed by atoms with Gasteiger partial charge in [-0.25, -0.2) is 0 Å². The van der Waals surface area contributed by atoms with Crippen molar-refractivity contribution in [2.45, 2.75) is 12.1 Å². The first-order valence-corrected chi connectivity index (χ1v) is 7.42. The molecule has 0 N–H and O–H groups in total. The fourth-order valence-electron chi connectivity index (χ4n) is 1.33. The minimum Gasteiger partial charge on any atom is -0.331 e. The van der Waals surface area contributed by atoms with Gasteiger partial charge in [-0.3, -0.25) is 0 Å². The Morgan fingerprint density at radius 1 is 0.900 bits per heavy atom. The molecule has 0 radical (unpaired) electrons. The third kappa shape index (κ3) is 2.96. The normalized spacial score (nSPS) is 30.6. The van der Waals surface area contributed by atoms with Crippen molar-refractivity contribution in [3.05, 3.63) is 0 Å². The van der Waals surface area contributed by atoms with E-state index in [1.165, 1.54) is 13.1 Å². The lowest BCUT2D eigenvalue weighted by Crippen LogP contribution is -2.37. The van der Waals surface area contributed by atoms with E-state index in [9.17, 15) is 0 Å². The van der Waals surface area contributed by atoms with Gasteiger partial charge in [-0.05, 0) is 14.1 Å². The third-order valence-electron chi connectivity index (χ3n) is 2.19. The van der Waals surface area contributed by atoms with Gasteiger partial charge in [0, 0.05) is 13.1 Å². The Hall–Kier alpha value is 0.354. The highest BCUT2D eigenvalue weighted by Crippen LogP contribution is 1.98. The van der Waals surface area contributed by atoms with E-state index in [0.29, 0.717) is 0 Å². The quantitative estimate of drug-likeness (QED) is 0.429. The Kier molecular flexibility index (Phi) is 3.61. The lowest BCUT2D eigenvalue weighted by Gasteiger charge is -2.24. The topological polar surface area (TPSA) is 6.48 Å². The maximum atomic E-state index is 2.57. The van der Waals surface area contributed by atoms with Crippen LogP contribution in [0, 0.1) is 0 Å². The SMILES string of the molecule is CN1CCN(C)[SiH2]CC[SiH2]1. The van der Waals surface area contributed by atoms with Crippen LogP contribution in [0.25, 0.3) is 0 Å². The first-order valence-electron chi connectivity index (χ1n) is 4.16. The van der Waals surface area contributed by atoms with Gasteiger partial charge in [0.25, 0.3) is 0 Å². The zero-order valence-electron chi connectivity index (χ0n) is 7.14. The van der Waals surface area contributed by atoms with Gasteiger partial charge in [-0.1, -0.05) is 12.1 Å². The molecule has 0 saturated carbocycles. The van der Waals surface area contributed by atoms with Gasteiger partial charge in [-0.2, -0.15) is 0 Å². The molecule has 1 heterocycles. The molecule has 0 bridgehead atoms. The highest BCUT2D eigenvalue weighted by atomic mass is 28.2. The summed E-state index contributed by atoms with van der Waals surface area (Å²) in [6.07, 6.45) is 0. The minimum absolute atomic E-state index is 0.195. The molecular weight excluding hydrogens is 156 g/mol. The summed E-state index contributed by atoms with van der Waals surface area (Å²) in [6.45, 7) is 2.66. The molecule has 1 aliphatic rings. The second-order valence-electron chi connectivity index (χ2n) is 3.31. The van der Waals surface area contributed by atoms with Gasteiger partial charge < -0.3 is 9.13 Å². The summed E-state index contributed by atoms with van der Waals surface area (Å²) >= 11 is 0. The van der Waals surface area contributed by atoms with Crippen molar-refractivity contribution in [1.82, 2.24) is 9.13 Å². The maximum Gasteiger partial charge on any atom is 0.0945 e.